The number of aryl methyl sites for hydroxylation is 1. The molecule has 0 unspecified atom stereocenters. The Morgan fingerprint density at radius 3 is 2.68 bits per heavy atom. The Hall–Kier alpha value is -2.93. The molecule has 0 amide bonds. The van der Waals surface area contributed by atoms with Crippen LogP contribution in [0.1, 0.15) is 17.5 Å². The molecule has 0 spiro atoms. The summed E-state index contributed by atoms with van der Waals surface area (Å²) in [5.74, 6) is 0.624. The van der Waals surface area contributed by atoms with E-state index in [4.69, 9.17) is 0 Å². The van der Waals surface area contributed by atoms with Crippen LogP contribution in [0.3, 0.4) is 0 Å². The minimum Gasteiger partial charge on any atom is -0.278 e. The molecule has 0 fully saturated rings. The summed E-state index contributed by atoms with van der Waals surface area (Å²) in [6.07, 6.45) is 7.88. The molecule has 0 radical (unpaired) electrons. The largest absolute Gasteiger partial charge is 0.278 e. The lowest BCUT2D eigenvalue weighted by atomic mass is 9.98. The van der Waals surface area contributed by atoms with Crippen LogP contribution in [0.15, 0.2) is 66.0 Å². The maximum absolute atomic E-state index is 12.7. The van der Waals surface area contributed by atoms with E-state index >= 15 is 0 Å². The van der Waals surface area contributed by atoms with E-state index in [1.807, 2.05) is 24.3 Å². The molecule has 1 aliphatic carbocycles. The molecule has 0 saturated heterocycles. The van der Waals surface area contributed by atoms with Crippen molar-refractivity contribution in [3.05, 3.63) is 77.1 Å². The Labute approximate surface area is 145 Å². The summed E-state index contributed by atoms with van der Waals surface area (Å²) >= 11 is 0. The fourth-order valence-electron chi connectivity index (χ4n) is 2.83. The molecule has 4 rings (SSSR count). The number of benzene rings is 1. The van der Waals surface area contributed by atoms with Crippen LogP contribution >= 0.6 is 0 Å². The molecule has 3 aromatic rings. The van der Waals surface area contributed by atoms with Crippen LogP contribution in [0.4, 0.5) is 5.69 Å². The molecule has 2 heterocycles. The highest BCUT2D eigenvalue weighted by atomic mass is 32.2. The number of aromatic nitrogens is 3. The topological polar surface area (TPSA) is 76.9 Å². The van der Waals surface area contributed by atoms with Gasteiger partial charge in [0.15, 0.2) is 5.82 Å². The number of hydrogen-bond donors (Lipinski definition) is 1. The first kappa shape index (κ1) is 15.6. The van der Waals surface area contributed by atoms with Gasteiger partial charge in [-0.25, -0.2) is 18.1 Å². The van der Waals surface area contributed by atoms with Gasteiger partial charge in [0.25, 0.3) is 10.0 Å². The third kappa shape index (κ3) is 3.18. The minimum atomic E-state index is -3.60. The van der Waals surface area contributed by atoms with E-state index in [-0.39, 0.29) is 0 Å². The second-order valence-electron chi connectivity index (χ2n) is 5.77. The van der Waals surface area contributed by atoms with Gasteiger partial charge < -0.3 is 0 Å². The molecule has 0 atom stereocenters. The van der Waals surface area contributed by atoms with Crippen molar-refractivity contribution in [2.75, 3.05) is 4.72 Å². The lowest BCUT2D eigenvalue weighted by molar-refractivity contribution is 0.605. The standard InChI is InChI=1S/C18H16N4O2S/c23-25(24,17-8-6-14-4-1-2-5-15(14)12-17)21-16-7-9-18(19-13-16)22-11-3-10-20-22/h1-5,7,9-13,21H,6,8H2. The zero-order valence-electron chi connectivity index (χ0n) is 13.3. The molecular formula is C18H16N4O2S. The highest BCUT2D eigenvalue weighted by Gasteiger charge is 2.21. The molecule has 0 saturated carbocycles. The Morgan fingerprint density at radius 2 is 1.92 bits per heavy atom. The van der Waals surface area contributed by atoms with Gasteiger partial charge in [-0.15, -0.1) is 0 Å². The van der Waals surface area contributed by atoms with E-state index in [0.717, 1.165) is 12.0 Å². The maximum Gasteiger partial charge on any atom is 0.258 e. The Kier molecular flexibility index (Phi) is 3.85. The predicted molar refractivity (Wildman–Crippen MR) is 96.6 cm³/mol. The summed E-state index contributed by atoms with van der Waals surface area (Å²) in [7, 11) is -3.60. The van der Waals surface area contributed by atoms with E-state index in [2.05, 4.69) is 14.8 Å². The summed E-state index contributed by atoms with van der Waals surface area (Å²) < 4.78 is 29.5. The van der Waals surface area contributed by atoms with E-state index in [1.165, 1.54) is 11.8 Å². The molecule has 7 heteroatoms. The minimum absolute atomic E-state index is 0.391. The van der Waals surface area contributed by atoms with E-state index in [0.29, 0.717) is 22.8 Å². The van der Waals surface area contributed by atoms with E-state index in [9.17, 15) is 8.42 Å². The third-order valence-electron chi connectivity index (χ3n) is 4.10. The van der Waals surface area contributed by atoms with Crippen molar-refractivity contribution >= 4 is 21.8 Å². The molecule has 0 bridgehead atoms. The summed E-state index contributed by atoms with van der Waals surface area (Å²) in [6.45, 7) is 0. The number of nitrogens with zero attached hydrogens (tertiary/aromatic N) is 3. The fraction of sp³-hybridized carbons (Fsp3) is 0.111. The highest BCUT2D eigenvalue weighted by molar-refractivity contribution is 7.96. The van der Waals surface area contributed by atoms with Crippen LogP contribution in [0, 0.1) is 0 Å². The van der Waals surface area contributed by atoms with Crippen molar-refractivity contribution in [2.24, 2.45) is 0 Å². The Bertz CT molecular complexity index is 1020. The Morgan fingerprint density at radius 1 is 1.04 bits per heavy atom. The van der Waals surface area contributed by atoms with Gasteiger partial charge in [0.1, 0.15) is 0 Å². The predicted octanol–water partition coefficient (Wildman–Crippen LogP) is 3.00. The van der Waals surface area contributed by atoms with Crippen molar-refractivity contribution in [3.8, 4) is 5.82 Å². The number of pyridine rings is 1. The van der Waals surface area contributed by atoms with Gasteiger partial charge in [-0.2, -0.15) is 5.10 Å². The van der Waals surface area contributed by atoms with Crippen molar-refractivity contribution in [1.29, 1.82) is 0 Å². The second kappa shape index (κ2) is 6.18. The second-order valence-corrected chi connectivity index (χ2v) is 7.51. The number of fused-ring (bicyclic) bond motifs is 1. The molecular weight excluding hydrogens is 336 g/mol. The lowest BCUT2D eigenvalue weighted by Crippen LogP contribution is -2.17. The zero-order chi connectivity index (χ0) is 17.3. The average molecular weight is 352 g/mol. The molecule has 0 aliphatic heterocycles. The quantitative estimate of drug-likeness (QED) is 0.783. The number of hydrogen-bond acceptors (Lipinski definition) is 4. The Balaban J connectivity index is 1.57. The first-order valence-corrected chi connectivity index (χ1v) is 9.37. The van der Waals surface area contributed by atoms with E-state index in [1.54, 1.807) is 41.4 Å². The van der Waals surface area contributed by atoms with Crippen LogP contribution < -0.4 is 4.72 Å². The zero-order valence-corrected chi connectivity index (χ0v) is 14.1. The monoisotopic (exact) mass is 352 g/mol. The first-order chi connectivity index (χ1) is 12.1. The van der Waals surface area contributed by atoms with Gasteiger partial charge in [0.2, 0.25) is 0 Å². The van der Waals surface area contributed by atoms with Crippen molar-refractivity contribution in [3.63, 3.8) is 0 Å². The molecule has 25 heavy (non-hydrogen) atoms. The molecule has 126 valence electrons. The van der Waals surface area contributed by atoms with Gasteiger partial charge in [-0.05, 0) is 48.2 Å². The normalized spacial score (nSPS) is 13.8. The van der Waals surface area contributed by atoms with E-state index < -0.39 is 10.0 Å². The van der Waals surface area contributed by atoms with Crippen LogP contribution in [-0.2, 0) is 16.4 Å². The number of sulfonamides is 1. The van der Waals surface area contributed by atoms with Gasteiger partial charge in [0.05, 0.1) is 16.8 Å². The SMILES string of the molecule is O=S(=O)(Nc1ccc(-n2cccn2)nc1)C1=Cc2ccccc2CC1. The highest BCUT2D eigenvalue weighted by Crippen LogP contribution is 2.28. The van der Waals surface area contributed by atoms with Crippen LogP contribution in [0.25, 0.3) is 11.9 Å². The molecule has 1 N–H and O–H groups in total. The number of anilines is 1. The van der Waals surface area contributed by atoms with Gasteiger partial charge in [-0.3, -0.25) is 4.72 Å². The summed E-state index contributed by atoms with van der Waals surface area (Å²) in [5.41, 5.74) is 2.56. The third-order valence-corrected chi connectivity index (χ3v) is 5.61. The number of rotatable bonds is 4. The summed E-state index contributed by atoms with van der Waals surface area (Å²) in [5, 5.41) is 4.09. The molecule has 2 aromatic heterocycles. The maximum atomic E-state index is 12.7. The fourth-order valence-corrected chi connectivity index (χ4v) is 4.04. The number of nitrogens with one attached hydrogen (secondary N) is 1. The van der Waals surface area contributed by atoms with Gasteiger partial charge in [0, 0.05) is 12.4 Å². The van der Waals surface area contributed by atoms with Crippen molar-refractivity contribution in [1.82, 2.24) is 14.8 Å². The average Bonchev–Trinajstić information content (AvgIpc) is 3.16. The van der Waals surface area contributed by atoms with Crippen molar-refractivity contribution in [2.45, 2.75) is 12.8 Å². The smallest absolute Gasteiger partial charge is 0.258 e. The van der Waals surface area contributed by atoms with Crippen LogP contribution in [0.2, 0.25) is 0 Å². The van der Waals surface area contributed by atoms with Gasteiger partial charge >= 0.3 is 0 Å². The van der Waals surface area contributed by atoms with Gasteiger partial charge in [-0.1, -0.05) is 24.3 Å². The first-order valence-electron chi connectivity index (χ1n) is 7.89. The van der Waals surface area contributed by atoms with Crippen LogP contribution in [0.5, 0.6) is 0 Å². The molecule has 1 aromatic carbocycles. The molecule has 1 aliphatic rings. The molecule has 6 nitrogen and oxygen atoms in total. The summed E-state index contributed by atoms with van der Waals surface area (Å²) in [6, 6.07) is 13.0. The van der Waals surface area contributed by atoms with Crippen molar-refractivity contribution < 1.29 is 8.42 Å². The van der Waals surface area contributed by atoms with Crippen LogP contribution in [-0.4, -0.2) is 23.2 Å². The number of allylic oxidation sites excluding steroid dienone is 1. The summed E-state index contributed by atoms with van der Waals surface area (Å²) in [4.78, 5) is 4.63. The lowest BCUT2D eigenvalue weighted by Gasteiger charge is -2.17.